The second-order valence-corrected chi connectivity index (χ2v) is 6.05. The van der Waals surface area contributed by atoms with Crippen LogP contribution in [0.1, 0.15) is 35.7 Å². The van der Waals surface area contributed by atoms with Gasteiger partial charge in [-0.1, -0.05) is 0 Å². The van der Waals surface area contributed by atoms with Crippen molar-refractivity contribution in [3.63, 3.8) is 0 Å². The van der Waals surface area contributed by atoms with Crippen molar-refractivity contribution in [2.75, 3.05) is 5.32 Å². The summed E-state index contributed by atoms with van der Waals surface area (Å²) in [6.45, 7) is 1.21. The fourth-order valence-electron chi connectivity index (χ4n) is 2.58. The number of hydrogen-bond donors (Lipinski definition) is 2. The van der Waals surface area contributed by atoms with Gasteiger partial charge in [0.25, 0.3) is 17.6 Å². The lowest BCUT2D eigenvalue weighted by Crippen LogP contribution is -2.60. The Hall–Kier alpha value is -2.29. The van der Waals surface area contributed by atoms with Crippen LogP contribution in [0.15, 0.2) is 5.38 Å². The molecule has 0 aromatic carbocycles. The number of carbonyl (C=O) groups excluding carboxylic acids is 4. The predicted octanol–water partition coefficient (Wildman–Crippen LogP) is 0.765. The van der Waals surface area contributed by atoms with Crippen LogP contribution in [0, 0.1) is 0 Å². The lowest BCUT2D eigenvalue weighted by Gasteiger charge is -2.35. The Balaban J connectivity index is 1.90. The van der Waals surface area contributed by atoms with Gasteiger partial charge in [0.2, 0.25) is 11.8 Å². The molecule has 22 heavy (non-hydrogen) atoms. The summed E-state index contributed by atoms with van der Waals surface area (Å²) >= 11 is 1.18. The molecule has 3 heterocycles. The first-order valence-corrected chi connectivity index (χ1v) is 7.44. The summed E-state index contributed by atoms with van der Waals surface area (Å²) in [4.78, 5) is 47.3. The van der Waals surface area contributed by atoms with Gasteiger partial charge in [-0.15, -0.1) is 11.3 Å². The number of anilines is 1. The van der Waals surface area contributed by atoms with Crippen LogP contribution in [0.25, 0.3) is 0 Å². The highest BCUT2D eigenvalue weighted by atomic mass is 32.1. The number of imide groups is 1. The highest BCUT2D eigenvalue weighted by Gasteiger charge is 2.53. The number of carbonyl (C=O) groups is 4. The quantitative estimate of drug-likeness (QED) is 0.620. The average molecular weight is 325 g/mol. The summed E-state index contributed by atoms with van der Waals surface area (Å²) in [6, 6.07) is 0. The Morgan fingerprint density at radius 2 is 2.18 bits per heavy atom. The van der Waals surface area contributed by atoms with Crippen LogP contribution in [-0.2, 0) is 20.9 Å². The fourth-order valence-corrected chi connectivity index (χ4v) is 3.58. The van der Waals surface area contributed by atoms with Gasteiger partial charge in [0.1, 0.15) is 5.00 Å². The first-order chi connectivity index (χ1) is 10.3. The van der Waals surface area contributed by atoms with Crippen molar-refractivity contribution in [3.8, 4) is 0 Å². The normalized spacial score (nSPS) is 24.3. The van der Waals surface area contributed by atoms with E-state index in [0.29, 0.717) is 10.6 Å². The van der Waals surface area contributed by atoms with E-state index >= 15 is 0 Å². The Bertz CT molecular complexity index is 716. The van der Waals surface area contributed by atoms with E-state index in [0.717, 1.165) is 4.90 Å². The minimum Gasteiger partial charge on any atom is -0.318 e. The van der Waals surface area contributed by atoms with E-state index in [1.165, 1.54) is 23.6 Å². The fraction of sp³-hybridized carbons (Fsp3) is 0.385. The van der Waals surface area contributed by atoms with E-state index in [1.54, 1.807) is 0 Å². The number of halogens is 1. The summed E-state index contributed by atoms with van der Waals surface area (Å²) in [7, 11) is 0. The zero-order chi connectivity index (χ0) is 16.1. The summed E-state index contributed by atoms with van der Waals surface area (Å²) in [5, 5.41) is 6.50. The molecule has 1 unspecified atom stereocenters. The summed E-state index contributed by atoms with van der Waals surface area (Å²) in [6.07, 6.45) is -0.538. The lowest BCUT2D eigenvalue weighted by molar-refractivity contribution is -0.154. The Morgan fingerprint density at radius 3 is 2.82 bits per heavy atom. The summed E-state index contributed by atoms with van der Waals surface area (Å²) in [5.74, 6) is -5.14. The van der Waals surface area contributed by atoms with Gasteiger partial charge in [0, 0.05) is 30.7 Å². The topological polar surface area (TPSA) is 95.6 Å². The van der Waals surface area contributed by atoms with Crippen molar-refractivity contribution in [3.05, 3.63) is 16.5 Å². The molecule has 2 aliphatic rings. The van der Waals surface area contributed by atoms with Gasteiger partial charge in [-0.3, -0.25) is 29.4 Å². The molecule has 0 radical (unpaired) electrons. The molecule has 1 aromatic heterocycles. The highest BCUT2D eigenvalue weighted by Crippen LogP contribution is 2.40. The second-order valence-electron chi connectivity index (χ2n) is 5.17. The third-order valence-corrected chi connectivity index (χ3v) is 4.62. The predicted molar refractivity (Wildman–Crippen MR) is 74.7 cm³/mol. The maximum absolute atomic E-state index is 15.0. The molecule has 4 amide bonds. The molecule has 3 rings (SSSR count). The minimum absolute atomic E-state index is 0.120. The SMILES string of the molecule is CC(=O)Nc1scc2c1CN(C1(F)CCC(=O)NC1=O)C2=O. The number of alkyl halides is 1. The molecule has 0 spiro atoms. The van der Waals surface area contributed by atoms with Gasteiger partial charge in [-0.05, 0) is 0 Å². The maximum Gasteiger partial charge on any atom is 0.285 e. The van der Waals surface area contributed by atoms with E-state index in [4.69, 9.17) is 0 Å². The molecule has 7 nitrogen and oxygen atoms in total. The zero-order valence-corrected chi connectivity index (χ0v) is 12.4. The minimum atomic E-state index is -2.55. The molecule has 0 saturated carbocycles. The first-order valence-electron chi connectivity index (χ1n) is 6.56. The molecule has 1 saturated heterocycles. The van der Waals surface area contributed by atoms with E-state index < -0.39 is 23.5 Å². The van der Waals surface area contributed by atoms with Crippen molar-refractivity contribution >= 4 is 40.0 Å². The highest BCUT2D eigenvalue weighted by molar-refractivity contribution is 7.15. The van der Waals surface area contributed by atoms with Crippen molar-refractivity contribution in [2.45, 2.75) is 32.1 Å². The smallest absolute Gasteiger partial charge is 0.285 e. The number of fused-ring (bicyclic) bond motifs is 1. The van der Waals surface area contributed by atoms with Crippen LogP contribution in [0.5, 0.6) is 0 Å². The standard InChI is InChI=1S/C13H12FN3O4S/c1-6(18)15-10-7-4-17(11(20)8(7)5-22-10)13(14)3-2-9(19)16-12(13)21/h5H,2-4H2,1H3,(H,15,18)(H,16,19,21). The molecule has 1 aromatic rings. The number of rotatable bonds is 2. The number of piperidine rings is 1. The van der Waals surface area contributed by atoms with Gasteiger partial charge < -0.3 is 5.32 Å². The number of thiophene rings is 1. The van der Waals surface area contributed by atoms with Gasteiger partial charge in [-0.25, -0.2) is 4.39 Å². The van der Waals surface area contributed by atoms with Crippen molar-refractivity contribution < 1.29 is 23.6 Å². The third kappa shape index (κ3) is 2.08. The molecule has 0 aliphatic carbocycles. The van der Waals surface area contributed by atoms with Crippen molar-refractivity contribution in [1.82, 2.24) is 10.2 Å². The maximum atomic E-state index is 15.0. The second kappa shape index (κ2) is 4.87. The Kier molecular flexibility index (Phi) is 3.24. The Morgan fingerprint density at radius 1 is 1.45 bits per heavy atom. The largest absolute Gasteiger partial charge is 0.318 e. The molecule has 0 bridgehead atoms. The third-order valence-electron chi connectivity index (χ3n) is 3.69. The molecule has 1 fully saturated rings. The Labute approximate surface area is 128 Å². The molecular weight excluding hydrogens is 313 g/mol. The van der Waals surface area contributed by atoms with Crippen molar-refractivity contribution in [1.29, 1.82) is 0 Å². The van der Waals surface area contributed by atoms with E-state index in [9.17, 15) is 23.6 Å². The van der Waals surface area contributed by atoms with Crippen LogP contribution < -0.4 is 10.6 Å². The van der Waals surface area contributed by atoms with E-state index in [1.807, 2.05) is 5.32 Å². The number of amides is 4. The van der Waals surface area contributed by atoms with Gasteiger partial charge in [0.15, 0.2) is 0 Å². The van der Waals surface area contributed by atoms with E-state index in [2.05, 4.69) is 5.32 Å². The van der Waals surface area contributed by atoms with Crippen LogP contribution in [0.2, 0.25) is 0 Å². The van der Waals surface area contributed by atoms with Crippen LogP contribution in [-0.4, -0.2) is 34.3 Å². The molecular formula is C13H12FN3O4S. The molecule has 1 atom stereocenters. The zero-order valence-electron chi connectivity index (χ0n) is 11.6. The van der Waals surface area contributed by atoms with Gasteiger partial charge in [0.05, 0.1) is 12.1 Å². The number of nitrogens with zero attached hydrogens (tertiary/aromatic N) is 1. The first kappa shape index (κ1) is 14.6. The molecule has 2 aliphatic heterocycles. The molecule has 116 valence electrons. The number of nitrogens with one attached hydrogen (secondary N) is 2. The van der Waals surface area contributed by atoms with Gasteiger partial charge in [-0.2, -0.15) is 0 Å². The lowest BCUT2D eigenvalue weighted by atomic mass is 10.0. The summed E-state index contributed by atoms with van der Waals surface area (Å²) in [5.41, 5.74) is 0.766. The van der Waals surface area contributed by atoms with Crippen LogP contribution >= 0.6 is 11.3 Å². The molecule has 2 N–H and O–H groups in total. The number of hydrogen-bond acceptors (Lipinski definition) is 5. The monoisotopic (exact) mass is 325 g/mol. The average Bonchev–Trinajstić information content (AvgIpc) is 2.96. The van der Waals surface area contributed by atoms with Crippen LogP contribution in [0.4, 0.5) is 9.39 Å². The van der Waals surface area contributed by atoms with Crippen molar-refractivity contribution in [2.24, 2.45) is 0 Å². The van der Waals surface area contributed by atoms with E-state index in [-0.39, 0.29) is 30.9 Å². The molecule has 9 heteroatoms. The van der Waals surface area contributed by atoms with Crippen LogP contribution in [0.3, 0.4) is 0 Å². The summed E-state index contributed by atoms with van der Waals surface area (Å²) < 4.78 is 15.0. The van der Waals surface area contributed by atoms with Gasteiger partial charge >= 0.3 is 0 Å².